The van der Waals surface area contributed by atoms with Crippen molar-refractivity contribution < 1.29 is 8.73 Å². The minimum Gasteiger partial charge on any atom is -0.342 e. The van der Waals surface area contributed by atoms with Gasteiger partial charge in [-0.05, 0) is 23.8 Å². The van der Waals surface area contributed by atoms with E-state index in [1.54, 1.807) is 12.3 Å². The van der Waals surface area contributed by atoms with Gasteiger partial charge >= 0.3 is 0 Å². The number of rotatable bonds is 3. The summed E-state index contributed by atoms with van der Waals surface area (Å²) in [6.45, 7) is 0. The van der Waals surface area contributed by atoms with Gasteiger partial charge in [0.1, 0.15) is 0 Å². The quantitative estimate of drug-likeness (QED) is 0.814. The molecule has 0 radical (unpaired) electrons. The largest absolute Gasteiger partial charge is 0.342 e. The Morgan fingerprint density at radius 3 is 2.94 bits per heavy atom. The van der Waals surface area contributed by atoms with Crippen molar-refractivity contribution in [1.29, 1.82) is 0 Å². The maximum atomic E-state index is 11.3. The van der Waals surface area contributed by atoms with Gasteiger partial charge in [0, 0.05) is 22.0 Å². The molecule has 0 saturated heterocycles. The molecule has 0 spiro atoms. The van der Waals surface area contributed by atoms with E-state index in [1.807, 2.05) is 30.3 Å². The highest BCUT2D eigenvalue weighted by Crippen LogP contribution is 2.11. The first-order valence-corrected chi connectivity index (χ1v) is 6.19. The van der Waals surface area contributed by atoms with E-state index in [1.165, 1.54) is 6.39 Å². The van der Waals surface area contributed by atoms with Gasteiger partial charge in [-0.1, -0.05) is 23.4 Å². The lowest BCUT2D eigenvalue weighted by Gasteiger charge is -1.97. The molecule has 5 heteroatoms. The van der Waals surface area contributed by atoms with E-state index in [0.29, 0.717) is 5.82 Å². The van der Waals surface area contributed by atoms with Crippen LogP contribution in [0.15, 0.2) is 40.1 Å². The summed E-state index contributed by atoms with van der Waals surface area (Å²) in [5.41, 5.74) is 0.956. The molecule has 0 aliphatic carbocycles. The summed E-state index contributed by atoms with van der Waals surface area (Å²) in [5.74, 6) is 0.517. The van der Waals surface area contributed by atoms with Crippen LogP contribution in [0.2, 0.25) is 0 Å². The molecule has 0 aliphatic heterocycles. The van der Waals surface area contributed by atoms with Gasteiger partial charge < -0.3 is 4.52 Å². The average Bonchev–Trinajstić information content (AvgIpc) is 2.79. The zero-order valence-electron chi connectivity index (χ0n) is 8.66. The molecule has 16 heavy (non-hydrogen) atoms. The first-order valence-electron chi connectivity index (χ1n) is 4.63. The predicted octanol–water partition coefficient (Wildman–Crippen LogP) is 1.98. The van der Waals surface area contributed by atoms with Gasteiger partial charge in [0.2, 0.25) is 6.39 Å². The summed E-state index contributed by atoms with van der Waals surface area (Å²) in [6, 6.07) is 7.49. The van der Waals surface area contributed by atoms with Crippen molar-refractivity contribution in [3.8, 4) is 0 Å². The third-order valence-corrected chi connectivity index (χ3v) is 2.91. The van der Waals surface area contributed by atoms with Crippen molar-refractivity contribution in [1.82, 2.24) is 10.1 Å². The monoisotopic (exact) mass is 234 g/mol. The van der Waals surface area contributed by atoms with Crippen LogP contribution in [0.5, 0.6) is 0 Å². The van der Waals surface area contributed by atoms with E-state index in [2.05, 4.69) is 14.7 Å². The Morgan fingerprint density at radius 2 is 2.25 bits per heavy atom. The molecule has 1 aromatic heterocycles. The molecule has 0 aliphatic rings. The van der Waals surface area contributed by atoms with Crippen LogP contribution in [0.3, 0.4) is 0 Å². The zero-order valence-corrected chi connectivity index (χ0v) is 9.48. The zero-order chi connectivity index (χ0) is 11.4. The Labute approximate surface area is 95.5 Å². The van der Waals surface area contributed by atoms with Crippen LogP contribution in [0.4, 0.5) is 0 Å². The second-order valence-corrected chi connectivity index (χ2v) is 4.53. The lowest BCUT2D eigenvalue weighted by atomic mass is 10.2. The molecule has 0 N–H and O–H groups in total. The number of aromatic nitrogens is 2. The maximum Gasteiger partial charge on any atom is 0.214 e. The van der Waals surface area contributed by atoms with Gasteiger partial charge in [-0.15, -0.1) is 0 Å². The van der Waals surface area contributed by atoms with Gasteiger partial charge in [0.15, 0.2) is 5.82 Å². The van der Waals surface area contributed by atoms with Gasteiger partial charge in [-0.2, -0.15) is 4.98 Å². The molecule has 2 rings (SSSR count). The van der Waals surface area contributed by atoms with Gasteiger partial charge in [-0.25, -0.2) is 0 Å². The van der Waals surface area contributed by atoms with E-state index < -0.39 is 10.8 Å². The van der Waals surface area contributed by atoms with Crippen LogP contribution in [0.25, 0.3) is 12.2 Å². The van der Waals surface area contributed by atoms with Gasteiger partial charge in [-0.3, -0.25) is 4.21 Å². The van der Waals surface area contributed by atoms with E-state index in [0.717, 1.165) is 10.5 Å². The van der Waals surface area contributed by atoms with Gasteiger partial charge in [0.05, 0.1) is 0 Å². The number of nitrogens with zero attached hydrogens (tertiary/aromatic N) is 2. The summed E-state index contributed by atoms with van der Waals surface area (Å²) in [5, 5.41) is 3.66. The fraction of sp³-hybridized carbons (Fsp3) is 0.0909. The van der Waals surface area contributed by atoms with Crippen molar-refractivity contribution in [3.05, 3.63) is 42.0 Å². The molecular weight excluding hydrogens is 224 g/mol. The molecule has 0 saturated carbocycles. The normalized spacial score (nSPS) is 13.1. The second-order valence-electron chi connectivity index (χ2n) is 3.15. The smallest absolute Gasteiger partial charge is 0.214 e. The van der Waals surface area contributed by atoms with Crippen LogP contribution in [0, 0.1) is 0 Å². The molecule has 1 heterocycles. The molecule has 82 valence electrons. The minimum atomic E-state index is -0.963. The standard InChI is InChI=1S/C11H10N2O2S/c1-16(14)10-4-2-3-9(7-10)5-6-11-12-8-15-13-11/h2-8H,1H3/b6-5+. The fourth-order valence-electron chi connectivity index (χ4n) is 1.22. The maximum absolute atomic E-state index is 11.3. The van der Waals surface area contributed by atoms with E-state index in [-0.39, 0.29) is 0 Å². The molecule has 1 unspecified atom stereocenters. The van der Waals surface area contributed by atoms with E-state index in [9.17, 15) is 4.21 Å². The first kappa shape index (κ1) is 10.8. The summed E-state index contributed by atoms with van der Waals surface area (Å²) >= 11 is 0. The van der Waals surface area contributed by atoms with Crippen molar-refractivity contribution in [2.24, 2.45) is 0 Å². The van der Waals surface area contributed by atoms with Crippen LogP contribution in [0.1, 0.15) is 11.4 Å². The summed E-state index contributed by atoms with van der Waals surface area (Å²) in [6.07, 6.45) is 6.52. The lowest BCUT2D eigenvalue weighted by molar-refractivity contribution is 0.415. The third kappa shape index (κ3) is 2.64. The Hall–Kier alpha value is -1.75. The van der Waals surface area contributed by atoms with Crippen molar-refractivity contribution >= 4 is 23.0 Å². The summed E-state index contributed by atoms with van der Waals surface area (Å²) < 4.78 is 15.9. The Kier molecular flexibility index (Phi) is 3.26. The molecule has 0 bridgehead atoms. The van der Waals surface area contributed by atoms with Crippen molar-refractivity contribution in [3.63, 3.8) is 0 Å². The number of benzene rings is 1. The minimum absolute atomic E-state index is 0.517. The van der Waals surface area contributed by atoms with Crippen LogP contribution < -0.4 is 0 Å². The van der Waals surface area contributed by atoms with E-state index >= 15 is 0 Å². The van der Waals surface area contributed by atoms with Gasteiger partial charge in [0.25, 0.3) is 0 Å². The number of hydrogen-bond donors (Lipinski definition) is 0. The second kappa shape index (κ2) is 4.85. The fourth-order valence-corrected chi connectivity index (χ4v) is 1.79. The Bertz CT molecular complexity index is 521. The SMILES string of the molecule is CS(=O)c1cccc(/C=C/c2ncon2)c1. The van der Waals surface area contributed by atoms with Crippen LogP contribution >= 0.6 is 0 Å². The highest BCUT2D eigenvalue weighted by Gasteiger charge is 1.97. The van der Waals surface area contributed by atoms with Crippen LogP contribution in [-0.2, 0) is 10.8 Å². The average molecular weight is 234 g/mol. The van der Waals surface area contributed by atoms with Crippen molar-refractivity contribution in [2.45, 2.75) is 4.90 Å². The Morgan fingerprint density at radius 1 is 1.38 bits per heavy atom. The van der Waals surface area contributed by atoms with Crippen molar-refractivity contribution in [2.75, 3.05) is 6.26 Å². The highest BCUT2D eigenvalue weighted by molar-refractivity contribution is 7.84. The summed E-state index contributed by atoms with van der Waals surface area (Å²) in [4.78, 5) is 4.67. The van der Waals surface area contributed by atoms with Crippen LogP contribution in [-0.4, -0.2) is 20.6 Å². The number of hydrogen-bond acceptors (Lipinski definition) is 4. The lowest BCUT2D eigenvalue weighted by Crippen LogP contribution is -1.87. The molecule has 4 nitrogen and oxygen atoms in total. The predicted molar refractivity (Wildman–Crippen MR) is 62.0 cm³/mol. The van der Waals surface area contributed by atoms with E-state index in [4.69, 9.17) is 0 Å². The first-order chi connectivity index (χ1) is 7.75. The highest BCUT2D eigenvalue weighted by atomic mass is 32.2. The summed E-state index contributed by atoms with van der Waals surface area (Å²) in [7, 11) is -0.963. The molecule has 1 atom stereocenters. The third-order valence-electron chi connectivity index (χ3n) is 1.99. The molecule has 1 aromatic carbocycles. The topological polar surface area (TPSA) is 56.0 Å². The molecule has 0 amide bonds. The molecule has 2 aromatic rings. The Balaban J connectivity index is 2.22. The molecular formula is C11H10N2O2S. The molecule has 0 fully saturated rings.